The lowest BCUT2D eigenvalue weighted by Gasteiger charge is -2.17. The van der Waals surface area contributed by atoms with Crippen LogP contribution in [0.4, 0.5) is 0 Å². The van der Waals surface area contributed by atoms with Crippen LogP contribution in [0.2, 0.25) is 0 Å². The minimum atomic E-state index is -0.129. The zero-order valence-electron chi connectivity index (χ0n) is 10.4. The molecule has 1 aromatic rings. The standard InChI is InChI=1S/C13H16BrNO3/c1-8-11(5-6-18-8)15-13(16)10-7-9(14)3-4-12(10)17-2/h3-4,7-8,11H,5-6H2,1-2H3,(H,15,16). The third kappa shape index (κ3) is 2.84. The van der Waals surface area contributed by atoms with Crippen molar-refractivity contribution in [2.45, 2.75) is 25.5 Å². The minimum Gasteiger partial charge on any atom is -0.496 e. The molecule has 0 aliphatic carbocycles. The van der Waals surface area contributed by atoms with E-state index in [4.69, 9.17) is 9.47 Å². The fourth-order valence-electron chi connectivity index (χ4n) is 2.03. The number of carbonyl (C=O) groups excluding carboxylic acids is 1. The number of nitrogens with one attached hydrogen (secondary N) is 1. The molecular weight excluding hydrogens is 298 g/mol. The van der Waals surface area contributed by atoms with E-state index in [2.05, 4.69) is 21.2 Å². The van der Waals surface area contributed by atoms with Gasteiger partial charge in [-0.15, -0.1) is 0 Å². The summed E-state index contributed by atoms with van der Waals surface area (Å²) in [7, 11) is 1.56. The van der Waals surface area contributed by atoms with Gasteiger partial charge in [0.1, 0.15) is 5.75 Å². The van der Waals surface area contributed by atoms with Crippen LogP contribution < -0.4 is 10.1 Å². The summed E-state index contributed by atoms with van der Waals surface area (Å²) in [6.07, 6.45) is 0.913. The molecule has 1 aliphatic heterocycles. The van der Waals surface area contributed by atoms with Gasteiger partial charge in [0.2, 0.25) is 0 Å². The van der Waals surface area contributed by atoms with Gasteiger partial charge in [-0.2, -0.15) is 0 Å². The van der Waals surface area contributed by atoms with E-state index in [1.165, 1.54) is 0 Å². The van der Waals surface area contributed by atoms with Gasteiger partial charge < -0.3 is 14.8 Å². The SMILES string of the molecule is COc1ccc(Br)cc1C(=O)NC1CCOC1C. The van der Waals surface area contributed by atoms with Crippen LogP contribution in [0.5, 0.6) is 5.75 Å². The van der Waals surface area contributed by atoms with Gasteiger partial charge in [0.25, 0.3) is 5.91 Å². The second kappa shape index (κ2) is 5.71. The van der Waals surface area contributed by atoms with E-state index in [1.54, 1.807) is 19.2 Å². The summed E-state index contributed by atoms with van der Waals surface area (Å²) in [6, 6.07) is 5.44. The van der Waals surface area contributed by atoms with Crippen molar-refractivity contribution in [1.82, 2.24) is 5.32 Å². The summed E-state index contributed by atoms with van der Waals surface area (Å²) in [5.74, 6) is 0.442. The zero-order valence-corrected chi connectivity index (χ0v) is 12.0. The Labute approximate surface area is 115 Å². The summed E-state index contributed by atoms with van der Waals surface area (Å²) in [5.41, 5.74) is 0.533. The van der Waals surface area contributed by atoms with E-state index in [-0.39, 0.29) is 18.1 Å². The molecule has 98 valence electrons. The Hall–Kier alpha value is -1.07. The number of rotatable bonds is 3. The van der Waals surface area contributed by atoms with Crippen molar-refractivity contribution in [1.29, 1.82) is 0 Å². The molecule has 1 heterocycles. The molecule has 2 unspecified atom stereocenters. The second-order valence-electron chi connectivity index (χ2n) is 4.29. The molecule has 2 atom stereocenters. The number of carbonyl (C=O) groups is 1. The van der Waals surface area contributed by atoms with Crippen LogP contribution >= 0.6 is 15.9 Å². The van der Waals surface area contributed by atoms with Crippen LogP contribution in [0.25, 0.3) is 0 Å². The Kier molecular flexibility index (Phi) is 4.24. The molecule has 0 bridgehead atoms. The maximum atomic E-state index is 12.2. The van der Waals surface area contributed by atoms with Crippen molar-refractivity contribution < 1.29 is 14.3 Å². The highest BCUT2D eigenvalue weighted by Gasteiger charge is 2.26. The smallest absolute Gasteiger partial charge is 0.255 e. The number of methoxy groups -OCH3 is 1. The Balaban J connectivity index is 2.15. The molecule has 1 aromatic carbocycles. The normalized spacial score (nSPS) is 22.8. The first kappa shape index (κ1) is 13.4. The van der Waals surface area contributed by atoms with Crippen LogP contribution in [0.1, 0.15) is 23.7 Å². The Bertz CT molecular complexity index is 450. The van der Waals surface area contributed by atoms with Gasteiger partial charge in [0.05, 0.1) is 24.8 Å². The van der Waals surface area contributed by atoms with E-state index in [1.807, 2.05) is 13.0 Å². The van der Waals surface area contributed by atoms with Gasteiger partial charge in [-0.05, 0) is 31.5 Å². The Morgan fingerprint density at radius 2 is 2.33 bits per heavy atom. The fraction of sp³-hybridized carbons (Fsp3) is 0.462. The maximum Gasteiger partial charge on any atom is 0.255 e. The molecule has 0 saturated carbocycles. The predicted molar refractivity (Wildman–Crippen MR) is 72.0 cm³/mol. The molecule has 1 N–H and O–H groups in total. The summed E-state index contributed by atoms with van der Waals surface area (Å²) in [5, 5.41) is 2.98. The molecule has 0 aromatic heterocycles. The van der Waals surface area contributed by atoms with E-state index < -0.39 is 0 Å². The number of hydrogen-bond donors (Lipinski definition) is 1. The van der Waals surface area contributed by atoms with E-state index in [0.717, 1.165) is 10.9 Å². The number of hydrogen-bond acceptors (Lipinski definition) is 3. The molecule has 4 nitrogen and oxygen atoms in total. The number of amides is 1. The lowest BCUT2D eigenvalue weighted by Crippen LogP contribution is -2.39. The first-order chi connectivity index (χ1) is 8.61. The molecule has 0 radical (unpaired) electrons. The summed E-state index contributed by atoms with van der Waals surface area (Å²) in [4.78, 5) is 12.2. The predicted octanol–water partition coefficient (Wildman–Crippen LogP) is 2.36. The number of ether oxygens (including phenoxy) is 2. The summed E-state index contributed by atoms with van der Waals surface area (Å²) < 4.78 is 11.5. The van der Waals surface area contributed by atoms with Crippen molar-refractivity contribution in [3.8, 4) is 5.75 Å². The van der Waals surface area contributed by atoms with Crippen molar-refractivity contribution in [2.75, 3.05) is 13.7 Å². The molecular formula is C13H16BrNO3. The number of halogens is 1. The van der Waals surface area contributed by atoms with Crippen molar-refractivity contribution in [2.24, 2.45) is 0 Å². The van der Waals surface area contributed by atoms with Crippen molar-refractivity contribution in [3.05, 3.63) is 28.2 Å². The first-order valence-corrected chi connectivity index (χ1v) is 6.67. The van der Waals surface area contributed by atoms with Crippen molar-refractivity contribution in [3.63, 3.8) is 0 Å². The summed E-state index contributed by atoms with van der Waals surface area (Å²) in [6.45, 7) is 2.66. The zero-order chi connectivity index (χ0) is 13.1. The van der Waals surface area contributed by atoms with Crippen LogP contribution in [0.15, 0.2) is 22.7 Å². The van der Waals surface area contributed by atoms with E-state index >= 15 is 0 Å². The highest BCUT2D eigenvalue weighted by atomic mass is 79.9. The largest absolute Gasteiger partial charge is 0.496 e. The maximum absolute atomic E-state index is 12.2. The van der Waals surface area contributed by atoms with Gasteiger partial charge in [-0.3, -0.25) is 4.79 Å². The molecule has 1 fully saturated rings. The average Bonchev–Trinajstić information content (AvgIpc) is 2.75. The third-order valence-corrected chi connectivity index (χ3v) is 3.59. The van der Waals surface area contributed by atoms with Gasteiger partial charge in [-0.1, -0.05) is 15.9 Å². The Morgan fingerprint density at radius 1 is 1.56 bits per heavy atom. The van der Waals surface area contributed by atoms with Crippen molar-refractivity contribution >= 4 is 21.8 Å². The quantitative estimate of drug-likeness (QED) is 0.932. The topological polar surface area (TPSA) is 47.6 Å². The molecule has 1 amide bonds. The molecule has 1 aliphatic rings. The van der Waals surface area contributed by atoms with E-state index in [9.17, 15) is 4.79 Å². The van der Waals surface area contributed by atoms with Crippen LogP contribution in [0.3, 0.4) is 0 Å². The molecule has 1 saturated heterocycles. The van der Waals surface area contributed by atoms with Crippen LogP contribution in [-0.2, 0) is 4.74 Å². The molecule has 18 heavy (non-hydrogen) atoms. The first-order valence-electron chi connectivity index (χ1n) is 5.88. The number of benzene rings is 1. The Morgan fingerprint density at radius 3 is 2.94 bits per heavy atom. The van der Waals surface area contributed by atoms with E-state index in [0.29, 0.717) is 17.9 Å². The minimum absolute atomic E-state index is 0.0621. The molecule has 2 rings (SSSR count). The van der Waals surface area contributed by atoms with Gasteiger partial charge in [-0.25, -0.2) is 0 Å². The second-order valence-corrected chi connectivity index (χ2v) is 5.20. The molecule has 5 heteroatoms. The fourth-order valence-corrected chi connectivity index (χ4v) is 2.39. The molecule has 0 spiro atoms. The highest BCUT2D eigenvalue weighted by molar-refractivity contribution is 9.10. The third-order valence-electron chi connectivity index (χ3n) is 3.10. The summed E-state index contributed by atoms with van der Waals surface area (Å²) >= 11 is 3.36. The lowest BCUT2D eigenvalue weighted by molar-refractivity contribution is 0.0863. The monoisotopic (exact) mass is 313 g/mol. The van der Waals surface area contributed by atoms with Crippen LogP contribution in [-0.4, -0.2) is 31.8 Å². The highest BCUT2D eigenvalue weighted by Crippen LogP contribution is 2.23. The lowest BCUT2D eigenvalue weighted by atomic mass is 10.1. The van der Waals surface area contributed by atoms with Gasteiger partial charge >= 0.3 is 0 Å². The average molecular weight is 314 g/mol. The van der Waals surface area contributed by atoms with Gasteiger partial charge in [0, 0.05) is 11.1 Å². The van der Waals surface area contributed by atoms with Gasteiger partial charge in [0.15, 0.2) is 0 Å². The van der Waals surface area contributed by atoms with Crippen LogP contribution in [0, 0.1) is 0 Å².